The molecule has 0 N–H and O–H groups in total. The fourth-order valence-corrected chi connectivity index (χ4v) is 9.14. The van der Waals surface area contributed by atoms with Gasteiger partial charge >= 0.3 is 0 Å². The maximum Gasteiger partial charge on any atom is 0.187 e. The molecule has 7 aromatic carbocycles. The third-order valence-corrected chi connectivity index (χ3v) is 12.9. The summed E-state index contributed by atoms with van der Waals surface area (Å²) in [6.45, 7) is 2.25. The number of ether oxygens (including phenoxy) is 11. The van der Waals surface area contributed by atoms with Crippen LogP contribution in [-0.2, 0) is 98.4 Å². The van der Waals surface area contributed by atoms with Crippen molar-refractivity contribution in [3.63, 3.8) is 0 Å². The van der Waals surface area contributed by atoms with Crippen LogP contribution in [0.15, 0.2) is 212 Å². The molecule has 0 spiro atoms. The normalized spacial score (nSPS) is 24.0. The highest BCUT2D eigenvalue weighted by atomic mass is 16.7. The Bertz CT molecular complexity index is 2560. The van der Waals surface area contributed by atoms with E-state index in [9.17, 15) is 0 Å². The average Bonchev–Trinajstić information content (AvgIpc) is 3.45. The second-order valence-corrected chi connectivity index (χ2v) is 18.2. The lowest BCUT2D eigenvalue weighted by atomic mass is 9.96. The number of benzene rings is 7. The molecule has 11 nitrogen and oxygen atoms in total. The monoisotopic (exact) mass is 986 g/mol. The molecule has 0 saturated carbocycles. The summed E-state index contributed by atoms with van der Waals surface area (Å²) in [6, 6.07) is 70.4. The highest BCUT2D eigenvalue weighted by molar-refractivity contribution is 5.19. The van der Waals surface area contributed by atoms with E-state index in [1.165, 1.54) is 0 Å². The third-order valence-electron chi connectivity index (χ3n) is 12.9. The smallest absolute Gasteiger partial charge is 0.187 e. The van der Waals surface area contributed by atoms with Gasteiger partial charge in [0.15, 0.2) is 12.6 Å². The standard InChI is InChI=1S/C62H66O11/c1-63-61-59(69-42-51-33-19-7-20-34-51)57(67-40-49-29-15-5-16-30-49)56(66-39-48-27-13-4-14-28-48)54(72-61)45-71-62-60(70-43-52-35-21-8-22-36-52)58(68-41-50-31-17-6-18-32-50)55(65-38-47-25-11-3-12-26-47)53(73-62)44-64-37-46-23-9-2-10-24-46/h2-36,53-62H,37-45H2,1H3/t53-,54-,55-,56-,57+,58+,59-,60-,61+,62+/m1/s1. The molecule has 2 saturated heterocycles. The molecule has 0 radical (unpaired) electrons. The van der Waals surface area contributed by atoms with Gasteiger partial charge in [0.25, 0.3) is 0 Å². The molecule has 0 aromatic heterocycles. The van der Waals surface area contributed by atoms with E-state index in [1.54, 1.807) is 7.11 Å². The minimum Gasteiger partial charge on any atom is -0.374 e. The van der Waals surface area contributed by atoms with Gasteiger partial charge in [-0.3, -0.25) is 0 Å². The van der Waals surface area contributed by atoms with E-state index in [0.29, 0.717) is 26.4 Å². The number of hydrogen-bond acceptors (Lipinski definition) is 11. The van der Waals surface area contributed by atoms with Crippen LogP contribution in [0, 0.1) is 0 Å². The predicted octanol–water partition coefficient (Wildman–Crippen LogP) is 10.8. The zero-order valence-corrected chi connectivity index (χ0v) is 41.3. The highest BCUT2D eigenvalue weighted by Crippen LogP contribution is 2.35. The number of methoxy groups -OCH3 is 1. The van der Waals surface area contributed by atoms with Gasteiger partial charge in [0.05, 0.1) is 59.5 Å². The molecule has 2 fully saturated rings. The first kappa shape index (κ1) is 52.0. The zero-order valence-electron chi connectivity index (χ0n) is 41.3. The lowest BCUT2D eigenvalue weighted by Gasteiger charge is -2.48. The van der Waals surface area contributed by atoms with Crippen molar-refractivity contribution in [3.05, 3.63) is 251 Å². The summed E-state index contributed by atoms with van der Waals surface area (Å²) in [7, 11) is 1.61. The van der Waals surface area contributed by atoms with Gasteiger partial charge < -0.3 is 52.1 Å². The number of rotatable bonds is 26. The molecule has 7 aromatic rings. The van der Waals surface area contributed by atoms with Crippen molar-refractivity contribution in [3.8, 4) is 0 Å². The molecule has 0 aliphatic carbocycles. The van der Waals surface area contributed by atoms with Crippen LogP contribution in [0.4, 0.5) is 0 Å². The first-order chi connectivity index (χ1) is 36.2. The Morgan fingerprint density at radius 1 is 0.274 bits per heavy atom. The maximum atomic E-state index is 7.10. The molecule has 0 amide bonds. The van der Waals surface area contributed by atoms with E-state index in [-0.39, 0.29) is 33.0 Å². The van der Waals surface area contributed by atoms with Crippen molar-refractivity contribution >= 4 is 0 Å². The van der Waals surface area contributed by atoms with Crippen molar-refractivity contribution in [1.29, 1.82) is 0 Å². The maximum absolute atomic E-state index is 7.10. The largest absolute Gasteiger partial charge is 0.374 e. The van der Waals surface area contributed by atoms with E-state index in [4.69, 9.17) is 52.1 Å². The summed E-state index contributed by atoms with van der Waals surface area (Å²) in [5.41, 5.74) is 7.00. The molecule has 2 heterocycles. The minimum atomic E-state index is -0.999. The van der Waals surface area contributed by atoms with Crippen LogP contribution in [-0.4, -0.2) is 81.7 Å². The molecule has 0 unspecified atom stereocenters. The average molecular weight is 987 g/mol. The van der Waals surface area contributed by atoms with Crippen LogP contribution < -0.4 is 0 Å². The van der Waals surface area contributed by atoms with Crippen molar-refractivity contribution < 1.29 is 52.1 Å². The molecule has 73 heavy (non-hydrogen) atoms. The van der Waals surface area contributed by atoms with Crippen molar-refractivity contribution in [2.24, 2.45) is 0 Å². The SMILES string of the molecule is CO[C@H]1O[C@H](CO[C@H]2O[C@H](COCc3ccccc3)[C@@H](OCc3ccccc3)[C@H](OCc3ccccc3)[C@H]2OCc2ccccc2)[C@@H](OCc2ccccc2)[C@H](OCc2ccccc2)[C@H]1OCc1ccccc1. The van der Waals surface area contributed by atoms with Crippen LogP contribution >= 0.6 is 0 Å². The predicted molar refractivity (Wildman–Crippen MR) is 276 cm³/mol. The van der Waals surface area contributed by atoms with Gasteiger partial charge in [-0.25, -0.2) is 0 Å². The Hall–Kier alpha value is -5.90. The molecule has 0 bridgehead atoms. The summed E-state index contributed by atoms with van der Waals surface area (Å²) in [5, 5.41) is 0. The van der Waals surface area contributed by atoms with Crippen LogP contribution in [0.3, 0.4) is 0 Å². The third kappa shape index (κ3) is 15.3. The van der Waals surface area contributed by atoms with Gasteiger partial charge in [0.1, 0.15) is 48.8 Å². The van der Waals surface area contributed by atoms with Crippen molar-refractivity contribution in [2.75, 3.05) is 20.3 Å². The highest BCUT2D eigenvalue weighted by Gasteiger charge is 2.52. The second kappa shape index (κ2) is 28.0. The van der Waals surface area contributed by atoms with Crippen LogP contribution in [0.1, 0.15) is 38.9 Å². The van der Waals surface area contributed by atoms with Crippen LogP contribution in [0.2, 0.25) is 0 Å². The molecule has 11 heteroatoms. The van der Waals surface area contributed by atoms with Gasteiger partial charge in [-0.15, -0.1) is 0 Å². The minimum absolute atomic E-state index is 0.00960. The Balaban J connectivity index is 1.05. The first-order valence-corrected chi connectivity index (χ1v) is 25.2. The lowest BCUT2D eigenvalue weighted by Crippen LogP contribution is -2.64. The van der Waals surface area contributed by atoms with Gasteiger partial charge in [0, 0.05) is 7.11 Å². The van der Waals surface area contributed by atoms with Crippen LogP contribution in [0.5, 0.6) is 0 Å². The topological polar surface area (TPSA) is 102 Å². The Morgan fingerprint density at radius 3 is 0.863 bits per heavy atom. The quantitative estimate of drug-likeness (QED) is 0.0518. The summed E-state index contributed by atoms with van der Waals surface area (Å²) in [4.78, 5) is 0. The molecule has 2 aliphatic heterocycles. The van der Waals surface area contributed by atoms with E-state index in [0.717, 1.165) is 38.9 Å². The van der Waals surface area contributed by atoms with Gasteiger partial charge in [-0.2, -0.15) is 0 Å². The summed E-state index contributed by atoms with van der Waals surface area (Å²) in [5.74, 6) is 0. The molecule has 2 aliphatic rings. The van der Waals surface area contributed by atoms with Crippen LogP contribution in [0.25, 0.3) is 0 Å². The Labute approximate surface area is 429 Å². The fraction of sp³-hybridized carbons (Fsp3) is 0.323. The van der Waals surface area contributed by atoms with Gasteiger partial charge in [-0.1, -0.05) is 212 Å². The zero-order chi connectivity index (χ0) is 49.7. The molecule has 380 valence electrons. The Morgan fingerprint density at radius 2 is 0.534 bits per heavy atom. The fourth-order valence-electron chi connectivity index (χ4n) is 9.14. The van der Waals surface area contributed by atoms with E-state index >= 15 is 0 Å². The van der Waals surface area contributed by atoms with Gasteiger partial charge in [0.2, 0.25) is 0 Å². The summed E-state index contributed by atoms with van der Waals surface area (Å²) >= 11 is 0. The van der Waals surface area contributed by atoms with Crippen molar-refractivity contribution in [2.45, 2.75) is 108 Å². The van der Waals surface area contributed by atoms with E-state index < -0.39 is 61.4 Å². The van der Waals surface area contributed by atoms with Gasteiger partial charge in [-0.05, 0) is 38.9 Å². The molecular weight excluding hydrogens is 921 g/mol. The first-order valence-electron chi connectivity index (χ1n) is 25.2. The Kier molecular flexibility index (Phi) is 19.9. The summed E-state index contributed by atoms with van der Waals surface area (Å²) < 4.78 is 75.2. The molecule has 10 atom stereocenters. The van der Waals surface area contributed by atoms with E-state index in [2.05, 4.69) is 0 Å². The van der Waals surface area contributed by atoms with Crippen molar-refractivity contribution in [1.82, 2.24) is 0 Å². The molecular formula is C62H66O11. The second-order valence-electron chi connectivity index (χ2n) is 18.2. The molecule has 9 rings (SSSR count). The van der Waals surface area contributed by atoms with E-state index in [1.807, 2.05) is 212 Å². The number of hydrogen-bond donors (Lipinski definition) is 0. The lowest BCUT2D eigenvalue weighted by molar-refractivity contribution is -0.351. The summed E-state index contributed by atoms with van der Waals surface area (Å²) in [6.07, 6.45) is -7.47.